The second-order valence-electron chi connectivity index (χ2n) is 7.21. The molecule has 0 N–H and O–H groups in total. The molecule has 0 amide bonds. The molecule has 0 atom stereocenters. The lowest BCUT2D eigenvalue weighted by Crippen LogP contribution is -2.51. The van der Waals surface area contributed by atoms with Crippen LogP contribution < -0.4 is 0 Å². The highest BCUT2D eigenvalue weighted by Gasteiger charge is 2.42. The van der Waals surface area contributed by atoms with Gasteiger partial charge in [0.2, 0.25) is 0 Å². The van der Waals surface area contributed by atoms with E-state index in [9.17, 15) is 0 Å². The molecule has 126 valence electrons. The number of aromatic nitrogens is 2. The summed E-state index contributed by atoms with van der Waals surface area (Å²) in [6, 6.07) is 10.5. The van der Waals surface area contributed by atoms with E-state index in [0.717, 1.165) is 13.1 Å². The number of nitrogens with zero attached hydrogens (tertiary/aromatic N) is 4. The van der Waals surface area contributed by atoms with Gasteiger partial charge in [-0.15, -0.1) is 0 Å². The maximum Gasteiger partial charge on any atom is 0.0543 e. The maximum absolute atomic E-state index is 4.47. The van der Waals surface area contributed by atoms with Crippen LogP contribution in [0.5, 0.6) is 0 Å². The van der Waals surface area contributed by atoms with Gasteiger partial charge in [-0.05, 0) is 56.0 Å². The lowest BCUT2D eigenvalue weighted by Gasteiger charge is -2.45. The number of likely N-dealkylation sites (tertiary alicyclic amines) is 2. The molecule has 2 aromatic heterocycles. The van der Waals surface area contributed by atoms with Crippen molar-refractivity contribution in [2.45, 2.75) is 44.3 Å². The Bertz CT molecular complexity index is 635. The van der Waals surface area contributed by atoms with Crippen molar-refractivity contribution in [2.24, 2.45) is 0 Å². The van der Waals surface area contributed by atoms with Crippen LogP contribution in [0.1, 0.15) is 36.9 Å². The molecule has 2 fully saturated rings. The van der Waals surface area contributed by atoms with Crippen LogP contribution in [-0.2, 0) is 13.1 Å². The topological polar surface area (TPSA) is 32.3 Å². The third-order valence-electron chi connectivity index (χ3n) is 5.74. The van der Waals surface area contributed by atoms with Gasteiger partial charge in [0.25, 0.3) is 0 Å². The third kappa shape index (κ3) is 3.35. The van der Waals surface area contributed by atoms with Gasteiger partial charge in [-0.3, -0.25) is 19.8 Å². The van der Waals surface area contributed by atoms with Crippen LogP contribution in [0.25, 0.3) is 0 Å². The van der Waals surface area contributed by atoms with E-state index in [4.69, 9.17) is 0 Å². The minimum absolute atomic E-state index is 0.413. The summed E-state index contributed by atoms with van der Waals surface area (Å²) in [5, 5.41) is 0. The molecule has 2 aliphatic rings. The molecule has 0 unspecified atom stereocenters. The van der Waals surface area contributed by atoms with Crippen LogP contribution in [0, 0.1) is 0 Å². The molecule has 2 saturated heterocycles. The molecule has 0 radical (unpaired) electrons. The van der Waals surface area contributed by atoms with Gasteiger partial charge >= 0.3 is 0 Å². The second-order valence-corrected chi connectivity index (χ2v) is 7.21. The van der Waals surface area contributed by atoms with Gasteiger partial charge in [0.1, 0.15) is 0 Å². The minimum Gasteiger partial charge on any atom is -0.297 e. The molecule has 0 saturated carbocycles. The van der Waals surface area contributed by atoms with Crippen LogP contribution in [-0.4, -0.2) is 44.9 Å². The predicted octanol–water partition coefficient (Wildman–Crippen LogP) is 3.11. The van der Waals surface area contributed by atoms with E-state index in [1.165, 1.54) is 56.6 Å². The Hall–Kier alpha value is -1.78. The average molecular weight is 322 g/mol. The SMILES string of the molecule is c1ccc(CN2CCC3(CCCN3Cc3cccnc3)CC2)nc1. The van der Waals surface area contributed by atoms with Crippen molar-refractivity contribution in [2.75, 3.05) is 19.6 Å². The molecule has 0 aromatic carbocycles. The average Bonchev–Trinajstić information content (AvgIpc) is 3.01. The van der Waals surface area contributed by atoms with E-state index >= 15 is 0 Å². The summed E-state index contributed by atoms with van der Waals surface area (Å²) in [6.45, 7) is 5.63. The van der Waals surface area contributed by atoms with E-state index in [2.05, 4.69) is 38.0 Å². The van der Waals surface area contributed by atoms with Crippen LogP contribution in [0.2, 0.25) is 0 Å². The zero-order chi connectivity index (χ0) is 16.2. The third-order valence-corrected chi connectivity index (χ3v) is 5.74. The van der Waals surface area contributed by atoms with E-state index in [1.54, 1.807) is 0 Å². The first-order valence-electron chi connectivity index (χ1n) is 9.10. The van der Waals surface area contributed by atoms with Gasteiger partial charge in [0.15, 0.2) is 0 Å². The summed E-state index contributed by atoms with van der Waals surface area (Å²) in [5.74, 6) is 0. The molecule has 24 heavy (non-hydrogen) atoms. The van der Waals surface area contributed by atoms with Crippen LogP contribution >= 0.6 is 0 Å². The molecular formula is C20H26N4. The highest BCUT2D eigenvalue weighted by molar-refractivity contribution is 5.11. The molecule has 4 heterocycles. The predicted molar refractivity (Wildman–Crippen MR) is 95.4 cm³/mol. The molecular weight excluding hydrogens is 296 g/mol. The van der Waals surface area contributed by atoms with Crippen molar-refractivity contribution in [3.05, 3.63) is 60.2 Å². The van der Waals surface area contributed by atoms with Crippen molar-refractivity contribution >= 4 is 0 Å². The quantitative estimate of drug-likeness (QED) is 0.866. The molecule has 4 nitrogen and oxygen atoms in total. The fourth-order valence-electron chi connectivity index (χ4n) is 4.37. The molecule has 1 spiro atoms. The van der Waals surface area contributed by atoms with Gasteiger partial charge in [0, 0.05) is 50.3 Å². The van der Waals surface area contributed by atoms with Gasteiger partial charge in [-0.2, -0.15) is 0 Å². The number of piperidine rings is 1. The van der Waals surface area contributed by atoms with Crippen molar-refractivity contribution in [1.29, 1.82) is 0 Å². The summed E-state index contributed by atoms with van der Waals surface area (Å²) in [6.07, 6.45) is 11.0. The van der Waals surface area contributed by atoms with E-state index in [-0.39, 0.29) is 0 Å². The summed E-state index contributed by atoms with van der Waals surface area (Å²) in [7, 11) is 0. The van der Waals surface area contributed by atoms with Gasteiger partial charge in [-0.25, -0.2) is 0 Å². The molecule has 4 rings (SSSR count). The molecule has 2 aliphatic heterocycles. The number of hydrogen-bond acceptors (Lipinski definition) is 4. The first kappa shape index (κ1) is 15.7. The summed E-state index contributed by atoms with van der Waals surface area (Å²) < 4.78 is 0. The highest BCUT2D eigenvalue weighted by Crippen LogP contribution is 2.39. The zero-order valence-corrected chi connectivity index (χ0v) is 14.3. The summed E-state index contributed by atoms with van der Waals surface area (Å²) in [4.78, 5) is 14.0. The van der Waals surface area contributed by atoms with Crippen molar-refractivity contribution in [3.8, 4) is 0 Å². The molecule has 0 aliphatic carbocycles. The Kier molecular flexibility index (Phi) is 4.58. The summed E-state index contributed by atoms with van der Waals surface area (Å²) >= 11 is 0. The zero-order valence-electron chi connectivity index (χ0n) is 14.3. The van der Waals surface area contributed by atoms with Crippen LogP contribution in [0.15, 0.2) is 48.9 Å². The molecule has 4 heteroatoms. The first-order valence-corrected chi connectivity index (χ1v) is 9.10. The van der Waals surface area contributed by atoms with E-state index in [0.29, 0.717) is 5.54 Å². The highest BCUT2D eigenvalue weighted by atomic mass is 15.3. The number of rotatable bonds is 4. The fourth-order valence-corrected chi connectivity index (χ4v) is 4.37. The summed E-state index contributed by atoms with van der Waals surface area (Å²) in [5.41, 5.74) is 2.94. The van der Waals surface area contributed by atoms with E-state index < -0.39 is 0 Å². The Morgan fingerprint density at radius 1 is 0.917 bits per heavy atom. The Morgan fingerprint density at radius 2 is 1.83 bits per heavy atom. The Balaban J connectivity index is 1.38. The lowest BCUT2D eigenvalue weighted by atomic mass is 9.84. The second kappa shape index (κ2) is 6.99. The van der Waals surface area contributed by atoms with Crippen LogP contribution in [0.4, 0.5) is 0 Å². The van der Waals surface area contributed by atoms with Gasteiger partial charge in [0.05, 0.1) is 5.69 Å². The largest absolute Gasteiger partial charge is 0.297 e. The van der Waals surface area contributed by atoms with Gasteiger partial charge < -0.3 is 0 Å². The smallest absolute Gasteiger partial charge is 0.0543 e. The van der Waals surface area contributed by atoms with Crippen LogP contribution in [0.3, 0.4) is 0 Å². The normalized spacial score (nSPS) is 21.3. The minimum atomic E-state index is 0.413. The van der Waals surface area contributed by atoms with Gasteiger partial charge in [-0.1, -0.05) is 12.1 Å². The Labute approximate surface area is 144 Å². The standard InChI is InChI=1S/C20H26N4/c1-2-11-22-19(6-1)17-23-13-8-20(9-14-23)7-4-12-24(20)16-18-5-3-10-21-15-18/h1-3,5-6,10-11,15H,4,7-9,12-14,16-17H2. The number of hydrogen-bond donors (Lipinski definition) is 0. The van der Waals surface area contributed by atoms with E-state index in [1.807, 2.05) is 30.7 Å². The Morgan fingerprint density at radius 3 is 2.58 bits per heavy atom. The number of pyridine rings is 2. The van der Waals surface area contributed by atoms with Crippen molar-refractivity contribution in [3.63, 3.8) is 0 Å². The van der Waals surface area contributed by atoms with Crippen molar-refractivity contribution < 1.29 is 0 Å². The van der Waals surface area contributed by atoms with Crippen molar-refractivity contribution in [1.82, 2.24) is 19.8 Å². The maximum atomic E-state index is 4.47. The lowest BCUT2D eigenvalue weighted by molar-refractivity contribution is 0.0445. The first-order chi connectivity index (χ1) is 11.8. The molecule has 0 bridgehead atoms. The fraction of sp³-hybridized carbons (Fsp3) is 0.500. The molecule has 2 aromatic rings. The monoisotopic (exact) mass is 322 g/mol.